The lowest BCUT2D eigenvalue weighted by Gasteiger charge is -2.51. The first-order chi connectivity index (χ1) is 9.51. The van der Waals surface area contributed by atoms with E-state index in [9.17, 15) is 0 Å². The summed E-state index contributed by atoms with van der Waals surface area (Å²) in [7, 11) is 1.88. The lowest BCUT2D eigenvalue weighted by Crippen LogP contribution is -2.58. The van der Waals surface area contributed by atoms with Gasteiger partial charge in [-0.15, -0.1) is 0 Å². The summed E-state index contributed by atoms with van der Waals surface area (Å²) in [4.78, 5) is 8.97. The summed E-state index contributed by atoms with van der Waals surface area (Å²) in [6.07, 6.45) is 2.20. The van der Waals surface area contributed by atoms with Crippen molar-refractivity contribution in [1.82, 2.24) is 9.97 Å². The van der Waals surface area contributed by atoms with Crippen molar-refractivity contribution in [1.29, 1.82) is 0 Å². The van der Waals surface area contributed by atoms with Crippen molar-refractivity contribution in [2.24, 2.45) is 5.41 Å². The Morgan fingerprint density at radius 1 is 1.30 bits per heavy atom. The number of anilines is 2. The summed E-state index contributed by atoms with van der Waals surface area (Å²) in [5, 5.41) is 6.62. The first-order valence-corrected chi connectivity index (χ1v) is 7.45. The number of aromatic nitrogens is 2. The number of rotatable bonds is 6. The molecule has 0 radical (unpaired) electrons. The van der Waals surface area contributed by atoms with Gasteiger partial charge >= 0.3 is 0 Å². The highest BCUT2D eigenvalue weighted by atomic mass is 16.5. The summed E-state index contributed by atoms with van der Waals surface area (Å²) in [5.74, 6) is 2.62. The monoisotopic (exact) mass is 278 g/mol. The molecule has 1 fully saturated rings. The lowest BCUT2D eigenvalue weighted by molar-refractivity contribution is -0.0976. The topological polar surface area (TPSA) is 59.1 Å². The van der Waals surface area contributed by atoms with Crippen molar-refractivity contribution in [2.75, 3.05) is 24.3 Å². The third kappa shape index (κ3) is 2.87. The molecule has 1 saturated carbocycles. The first-order valence-electron chi connectivity index (χ1n) is 7.45. The minimum Gasteiger partial charge on any atom is -0.378 e. The molecular weight excluding hydrogens is 252 g/mol. The molecule has 20 heavy (non-hydrogen) atoms. The molecule has 5 nitrogen and oxygen atoms in total. The minimum atomic E-state index is 0.132. The van der Waals surface area contributed by atoms with E-state index in [1.807, 2.05) is 20.0 Å². The van der Waals surface area contributed by atoms with Gasteiger partial charge in [-0.05, 0) is 13.3 Å². The van der Waals surface area contributed by atoms with E-state index in [4.69, 9.17) is 4.74 Å². The number of nitrogens with zero attached hydrogens (tertiary/aromatic N) is 2. The van der Waals surface area contributed by atoms with Gasteiger partial charge in [0.1, 0.15) is 17.5 Å². The molecule has 112 valence electrons. The summed E-state index contributed by atoms with van der Waals surface area (Å²) < 4.78 is 5.77. The lowest BCUT2D eigenvalue weighted by atomic mass is 9.64. The fourth-order valence-electron chi connectivity index (χ4n) is 2.65. The van der Waals surface area contributed by atoms with Gasteiger partial charge in [-0.1, -0.05) is 20.8 Å². The molecule has 1 heterocycles. The van der Waals surface area contributed by atoms with E-state index in [0.717, 1.165) is 36.9 Å². The molecular formula is C15H26N4O. The van der Waals surface area contributed by atoms with Crippen LogP contribution >= 0.6 is 0 Å². The fourth-order valence-corrected chi connectivity index (χ4v) is 2.65. The zero-order valence-corrected chi connectivity index (χ0v) is 13.2. The van der Waals surface area contributed by atoms with Gasteiger partial charge in [0, 0.05) is 37.6 Å². The zero-order valence-electron chi connectivity index (χ0n) is 13.2. The maximum absolute atomic E-state index is 5.77. The Morgan fingerprint density at radius 2 is 2.00 bits per heavy atom. The van der Waals surface area contributed by atoms with Crippen molar-refractivity contribution in [3.05, 3.63) is 11.9 Å². The van der Waals surface area contributed by atoms with E-state index in [2.05, 4.69) is 41.4 Å². The maximum Gasteiger partial charge on any atom is 0.132 e. The molecule has 1 aliphatic carbocycles. The second kappa shape index (κ2) is 5.95. The van der Waals surface area contributed by atoms with Crippen molar-refractivity contribution < 1.29 is 4.74 Å². The molecule has 2 rings (SSSR count). The molecule has 0 aromatic carbocycles. The second-order valence-corrected chi connectivity index (χ2v) is 5.86. The molecule has 1 aromatic rings. The average Bonchev–Trinajstić information content (AvgIpc) is 2.45. The van der Waals surface area contributed by atoms with Crippen molar-refractivity contribution in [3.63, 3.8) is 0 Å². The van der Waals surface area contributed by atoms with Gasteiger partial charge in [-0.25, -0.2) is 9.97 Å². The van der Waals surface area contributed by atoms with Crippen molar-refractivity contribution in [2.45, 2.75) is 52.7 Å². The number of ether oxygens (including phenoxy) is 1. The maximum atomic E-state index is 5.77. The van der Waals surface area contributed by atoms with Gasteiger partial charge in [-0.3, -0.25) is 0 Å². The van der Waals surface area contributed by atoms with Crippen LogP contribution in [0.4, 0.5) is 11.6 Å². The molecule has 0 saturated heterocycles. The Balaban J connectivity index is 2.07. The van der Waals surface area contributed by atoms with Gasteiger partial charge in [0.15, 0.2) is 0 Å². The molecule has 1 aromatic heterocycles. The Kier molecular flexibility index (Phi) is 4.48. The molecule has 0 spiro atoms. The molecule has 2 N–H and O–H groups in total. The van der Waals surface area contributed by atoms with Crippen LogP contribution in [0.3, 0.4) is 0 Å². The smallest absolute Gasteiger partial charge is 0.132 e. The number of aryl methyl sites for hydroxylation is 1. The summed E-state index contributed by atoms with van der Waals surface area (Å²) >= 11 is 0. The highest BCUT2D eigenvalue weighted by Crippen LogP contribution is 2.44. The van der Waals surface area contributed by atoms with Crippen LogP contribution in [0.15, 0.2) is 6.07 Å². The standard InChI is InChI=1S/C15H26N4O/c1-6-12-18-13(16-5)9-14(19-12)17-10-8-11(20-7-2)15(10,3)4/h9-11H,6-8H2,1-5H3,(H2,16,17,18,19). The van der Waals surface area contributed by atoms with Crippen LogP contribution in [0.25, 0.3) is 0 Å². The SMILES string of the molecule is CCOC1CC(Nc2cc(NC)nc(CC)n2)C1(C)C. The molecule has 2 unspecified atom stereocenters. The summed E-state index contributed by atoms with van der Waals surface area (Å²) in [5.41, 5.74) is 0.132. The molecule has 0 bridgehead atoms. The zero-order chi connectivity index (χ0) is 14.8. The van der Waals surface area contributed by atoms with E-state index in [0.29, 0.717) is 12.1 Å². The van der Waals surface area contributed by atoms with Crippen molar-refractivity contribution in [3.8, 4) is 0 Å². The van der Waals surface area contributed by atoms with E-state index in [-0.39, 0.29) is 5.41 Å². The predicted octanol–water partition coefficient (Wildman–Crippen LogP) is 2.70. The minimum absolute atomic E-state index is 0.132. The molecule has 1 aliphatic rings. The first kappa shape index (κ1) is 15.0. The largest absolute Gasteiger partial charge is 0.378 e. The summed E-state index contributed by atoms with van der Waals surface area (Å²) in [6, 6.07) is 2.35. The Morgan fingerprint density at radius 3 is 2.55 bits per heavy atom. The van der Waals surface area contributed by atoms with Crippen LogP contribution in [-0.4, -0.2) is 35.8 Å². The number of nitrogens with one attached hydrogen (secondary N) is 2. The highest BCUT2D eigenvalue weighted by molar-refractivity contribution is 5.48. The van der Waals surface area contributed by atoms with Gasteiger partial charge in [0.2, 0.25) is 0 Å². The van der Waals surface area contributed by atoms with Crippen LogP contribution in [0.5, 0.6) is 0 Å². The van der Waals surface area contributed by atoms with Gasteiger partial charge < -0.3 is 15.4 Å². The van der Waals surface area contributed by atoms with E-state index < -0.39 is 0 Å². The Hall–Kier alpha value is -1.36. The number of hydrogen-bond donors (Lipinski definition) is 2. The third-order valence-electron chi connectivity index (χ3n) is 4.21. The van der Waals surface area contributed by atoms with Crippen molar-refractivity contribution >= 4 is 11.6 Å². The van der Waals surface area contributed by atoms with Gasteiger partial charge in [0.25, 0.3) is 0 Å². The van der Waals surface area contributed by atoms with Gasteiger partial charge in [-0.2, -0.15) is 0 Å². The molecule has 0 amide bonds. The third-order valence-corrected chi connectivity index (χ3v) is 4.21. The Labute approximate surface area is 121 Å². The van der Waals surface area contributed by atoms with Crippen LogP contribution in [0.2, 0.25) is 0 Å². The Bertz CT molecular complexity index is 439. The van der Waals surface area contributed by atoms with E-state index in [1.54, 1.807) is 0 Å². The molecule has 2 atom stereocenters. The van der Waals surface area contributed by atoms with E-state index >= 15 is 0 Å². The summed E-state index contributed by atoms with van der Waals surface area (Å²) in [6.45, 7) is 9.38. The second-order valence-electron chi connectivity index (χ2n) is 5.86. The van der Waals surface area contributed by atoms with Crippen LogP contribution in [0, 0.1) is 5.41 Å². The number of hydrogen-bond acceptors (Lipinski definition) is 5. The quantitative estimate of drug-likeness (QED) is 0.838. The average molecular weight is 278 g/mol. The molecule has 0 aliphatic heterocycles. The van der Waals surface area contributed by atoms with Crippen LogP contribution < -0.4 is 10.6 Å². The fraction of sp³-hybridized carbons (Fsp3) is 0.733. The van der Waals surface area contributed by atoms with E-state index in [1.165, 1.54) is 0 Å². The van der Waals surface area contributed by atoms with Crippen LogP contribution in [0.1, 0.15) is 39.9 Å². The normalized spacial score (nSPS) is 24.1. The highest BCUT2D eigenvalue weighted by Gasteiger charge is 2.49. The predicted molar refractivity (Wildman–Crippen MR) is 82.2 cm³/mol. The van der Waals surface area contributed by atoms with Gasteiger partial charge in [0.05, 0.1) is 6.10 Å². The molecule has 5 heteroatoms. The van der Waals surface area contributed by atoms with Crippen LogP contribution in [-0.2, 0) is 11.2 Å².